The molecule has 148 valence electrons. The van der Waals surface area contributed by atoms with Gasteiger partial charge < -0.3 is 10.6 Å². The molecule has 0 aliphatic carbocycles. The molecule has 1 unspecified atom stereocenters. The average Bonchev–Trinajstić information content (AvgIpc) is 3.23. The van der Waals surface area contributed by atoms with Crippen LogP contribution in [0.4, 0.5) is 0 Å². The molecule has 1 aromatic carbocycles. The van der Waals surface area contributed by atoms with Crippen LogP contribution in [0.15, 0.2) is 36.7 Å². The third kappa shape index (κ3) is 5.33. The first kappa shape index (κ1) is 21.5. The van der Waals surface area contributed by atoms with Gasteiger partial charge in [0.25, 0.3) is 0 Å². The summed E-state index contributed by atoms with van der Waals surface area (Å²) in [6, 6.07) is 8.62. The molecule has 0 saturated carbocycles. The number of nitrogens with one attached hydrogen (secondary N) is 2. The van der Waals surface area contributed by atoms with E-state index < -0.39 is 0 Å². The van der Waals surface area contributed by atoms with Gasteiger partial charge in [-0.15, -0.1) is 12.4 Å². The average molecular weight is 391 g/mol. The monoisotopic (exact) mass is 390 g/mol. The largest absolute Gasteiger partial charge is 0.349 e. The molecule has 0 radical (unpaired) electrons. The van der Waals surface area contributed by atoms with Gasteiger partial charge in [0.2, 0.25) is 5.91 Å². The van der Waals surface area contributed by atoms with Crippen molar-refractivity contribution in [3.63, 3.8) is 0 Å². The van der Waals surface area contributed by atoms with Gasteiger partial charge in [-0.3, -0.25) is 9.48 Å². The Bertz CT molecular complexity index is 741. The number of amides is 1. The maximum absolute atomic E-state index is 12.9. The highest BCUT2D eigenvalue weighted by Gasteiger charge is 2.35. The van der Waals surface area contributed by atoms with Gasteiger partial charge in [-0.1, -0.05) is 38.1 Å². The molecule has 2 N–H and O–H groups in total. The number of carbonyl (C=O) groups is 1. The lowest BCUT2D eigenvalue weighted by atomic mass is 9.90. The molecule has 1 amide bonds. The van der Waals surface area contributed by atoms with Gasteiger partial charge >= 0.3 is 0 Å². The highest BCUT2D eigenvalue weighted by molar-refractivity contribution is 5.85. The first-order valence-electron chi connectivity index (χ1n) is 9.52. The first-order chi connectivity index (χ1) is 12.4. The summed E-state index contributed by atoms with van der Waals surface area (Å²) in [7, 11) is 1.91. The minimum absolute atomic E-state index is 0. The summed E-state index contributed by atoms with van der Waals surface area (Å²) < 4.78 is 1.80. The van der Waals surface area contributed by atoms with E-state index in [-0.39, 0.29) is 36.2 Å². The Morgan fingerprint density at radius 2 is 1.96 bits per heavy atom. The maximum atomic E-state index is 12.9. The number of hydrogen-bond donors (Lipinski definition) is 2. The number of aromatic nitrogens is 2. The van der Waals surface area contributed by atoms with Gasteiger partial charge in [-0.25, -0.2) is 0 Å². The molecule has 3 rings (SSSR count). The van der Waals surface area contributed by atoms with Crippen molar-refractivity contribution in [1.82, 2.24) is 20.4 Å². The number of benzene rings is 1. The van der Waals surface area contributed by atoms with Gasteiger partial charge in [-0.2, -0.15) is 5.10 Å². The lowest BCUT2D eigenvalue weighted by Crippen LogP contribution is -2.36. The van der Waals surface area contributed by atoms with E-state index in [0.29, 0.717) is 12.5 Å². The van der Waals surface area contributed by atoms with Crippen LogP contribution < -0.4 is 10.6 Å². The molecule has 1 aliphatic rings. The van der Waals surface area contributed by atoms with Gasteiger partial charge in [0.05, 0.1) is 18.2 Å². The second-order valence-electron chi connectivity index (χ2n) is 7.89. The van der Waals surface area contributed by atoms with Crippen molar-refractivity contribution in [2.45, 2.75) is 39.2 Å². The van der Waals surface area contributed by atoms with Crippen molar-refractivity contribution >= 4 is 18.3 Å². The Balaban J connectivity index is 0.00000261. The van der Waals surface area contributed by atoms with Crippen LogP contribution in [0.25, 0.3) is 0 Å². The lowest BCUT2D eigenvalue weighted by Gasteiger charge is -2.21. The van der Waals surface area contributed by atoms with Crippen molar-refractivity contribution in [1.29, 1.82) is 0 Å². The molecule has 0 spiro atoms. The third-order valence-corrected chi connectivity index (χ3v) is 5.19. The van der Waals surface area contributed by atoms with E-state index in [1.54, 1.807) is 4.68 Å². The van der Waals surface area contributed by atoms with Crippen molar-refractivity contribution in [3.8, 4) is 0 Å². The van der Waals surface area contributed by atoms with Gasteiger partial charge in [0.1, 0.15) is 0 Å². The Morgan fingerprint density at radius 3 is 2.56 bits per heavy atom. The van der Waals surface area contributed by atoms with E-state index in [1.807, 2.05) is 19.4 Å². The summed E-state index contributed by atoms with van der Waals surface area (Å²) in [5, 5.41) is 10.8. The zero-order chi connectivity index (χ0) is 18.7. The summed E-state index contributed by atoms with van der Waals surface area (Å²) >= 11 is 0. The van der Waals surface area contributed by atoms with Crippen LogP contribution in [0.3, 0.4) is 0 Å². The molecule has 1 fully saturated rings. The van der Waals surface area contributed by atoms with Gasteiger partial charge in [0, 0.05) is 32.3 Å². The summed E-state index contributed by atoms with van der Waals surface area (Å²) in [6.07, 6.45) is 4.96. The predicted molar refractivity (Wildman–Crippen MR) is 111 cm³/mol. The molecule has 6 heteroatoms. The molecule has 0 bridgehead atoms. The molecule has 2 aromatic rings. The molecule has 5 nitrogen and oxygen atoms in total. The van der Waals surface area contributed by atoms with Crippen molar-refractivity contribution in [3.05, 3.63) is 53.3 Å². The minimum Gasteiger partial charge on any atom is -0.349 e. The molecule has 3 atom stereocenters. The van der Waals surface area contributed by atoms with Crippen LogP contribution in [0.2, 0.25) is 0 Å². The summed E-state index contributed by atoms with van der Waals surface area (Å²) in [4.78, 5) is 12.9. The molecule has 1 aliphatic heterocycles. The third-order valence-electron chi connectivity index (χ3n) is 5.19. The molecular weight excluding hydrogens is 360 g/mol. The molecular formula is C21H31ClN4O. The van der Waals surface area contributed by atoms with Crippen LogP contribution in [0.1, 0.15) is 49.4 Å². The number of carbonyl (C=O) groups excluding carboxylic acids is 1. The van der Waals surface area contributed by atoms with E-state index in [1.165, 1.54) is 5.56 Å². The summed E-state index contributed by atoms with van der Waals surface area (Å²) in [6.45, 7) is 8.04. The fourth-order valence-electron chi connectivity index (χ4n) is 3.75. The highest BCUT2D eigenvalue weighted by atomic mass is 35.5. The summed E-state index contributed by atoms with van der Waals surface area (Å²) in [5.41, 5.74) is 3.62. The van der Waals surface area contributed by atoms with Crippen LogP contribution in [0.5, 0.6) is 0 Å². The number of halogens is 1. The summed E-state index contributed by atoms with van der Waals surface area (Å²) in [5.74, 6) is 0.894. The second kappa shape index (κ2) is 9.38. The fraction of sp³-hybridized carbons (Fsp3) is 0.524. The first-order valence-corrected chi connectivity index (χ1v) is 9.52. The van der Waals surface area contributed by atoms with E-state index in [4.69, 9.17) is 0 Å². The van der Waals surface area contributed by atoms with Crippen LogP contribution in [-0.2, 0) is 18.3 Å². The van der Waals surface area contributed by atoms with Crippen LogP contribution in [-0.4, -0.2) is 28.8 Å². The standard InChI is InChI=1S/C21H30N4O.ClH/c1-14(2)9-16-5-7-17(8-6-16)15(3)24-21(26)20-12-22-11-19(20)18-10-23-25(4)13-18;/h5-8,10,13-15,19-20,22H,9,11-12H2,1-4H3,(H,24,26);1H/t15?,19-,20+;/m1./s1. The number of hydrogen-bond acceptors (Lipinski definition) is 3. The van der Waals surface area contributed by atoms with E-state index in [0.717, 1.165) is 24.1 Å². The number of rotatable bonds is 6. The number of nitrogens with zero attached hydrogens (tertiary/aromatic N) is 2. The van der Waals surface area contributed by atoms with Crippen LogP contribution >= 0.6 is 12.4 Å². The Labute approximate surface area is 168 Å². The minimum atomic E-state index is -0.0538. The van der Waals surface area contributed by atoms with Crippen molar-refractivity contribution < 1.29 is 4.79 Å². The van der Waals surface area contributed by atoms with E-state index in [2.05, 4.69) is 60.8 Å². The van der Waals surface area contributed by atoms with Crippen molar-refractivity contribution in [2.75, 3.05) is 13.1 Å². The Kier molecular flexibility index (Phi) is 7.45. The topological polar surface area (TPSA) is 59.0 Å². The maximum Gasteiger partial charge on any atom is 0.225 e. The van der Waals surface area contributed by atoms with Gasteiger partial charge in [-0.05, 0) is 36.0 Å². The number of aryl methyl sites for hydroxylation is 1. The van der Waals surface area contributed by atoms with Crippen LogP contribution in [0, 0.1) is 11.8 Å². The Hall–Kier alpha value is -1.85. The van der Waals surface area contributed by atoms with E-state index >= 15 is 0 Å². The SMILES string of the molecule is CC(C)Cc1ccc(C(C)NC(=O)[C@H]2CNC[C@@H]2c2cnn(C)c2)cc1.Cl. The quantitative estimate of drug-likeness (QED) is 0.796. The molecule has 27 heavy (non-hydrogen) atoms. The molecule has 2 heterocycles. The van der Waals surface area contributed by atoms with E-state index in [9.17, 15) is 4.79 Å². The fourth-order valence-corrected chi connectivity index (χ4v) is 3.75. The molecule has 1 aromatic heterocycles. The zero-order valence-electron chi connectivity index (χ0n) is 16.6. The van der Waals surface area contributed by atoms with Crippen molar-refractivity contribution in [2.24, 2.45) is 18.9 Å². The second-order valence-corrected chi connectivity index (χ2v) is 7.89. The Morgan fingerprint density at radius 1 is 1.26 bits per heavy atom. The normalized spacial score (nSPS) is 20.3. The predicted octanol–water partition coefficient (Wildman–Crippen LogP) is 3.22. The molecule has 1 saturated heterocycles. The lowest BCUT2D eigenvalue weighted by molar-refractivity contribution is -0.125. The highest BCUT2D eigenvalue weighted by Crippen LogP contribution is 2.28. The smallest absolute Gasteiger partial charge is 0.225 e. The zero-order valence-corrected chi connectivity index (χ0v) is 17.4. The van der Waals surface area contributed by atoms with Gasteiger partial charge in [0.15, 0.2) is 0 Å².